The van der Waals surface area contributed by atoms with E-state index >= 15 is 0 Å². The molecule has 4 rings (SSSR count). The van der Waals surface area contributed by atoms with Gasteiger partial charge in [0.05, 0.1) is 29.9 Å². The Labute approximate surface area is 190 Å². The summed E-state index contributed by atoms with van der Waals surface area (Å²) < 4.78 is 53.7. The average molecular weight is 515 g/mol. The van der Waals surface area contributed by atoms with Crippen molar-refractivity contribution in [3.05, 3.63) is 44.9 Å². The van der Waals surface area contributed by atoms with Crippen LogP contribution < -0.4 is 0 Å². The normalized spacial score (nSPS) is 29.2. The van der Waals surface area contributed by atoms with Gasteiger partial charge < -0.3 is 18.9 Å². The minimum absolute atomic E-state index is 0.0107. The number of nitrogens with zero attached hydrogens (tertiary/aromatic N) is 6. The molecule has 172 valence electrons. The molecule has 1 aromatic carbocycles. The van der Waals surface area contributed by atoms with E-state index in [0.29, 0.717) is 0 Å². The number of fused-ring (bicyclic) bond motifs is 1. The third-order valence-corrected chi connectivity index (χ3v) is 6.11. The Morgan fingerprint density at radius 3 is 2.88 bits per heavy atom. The summed E-state index contributed by atoms with van der Waals surface area (Å²) in [4.78, 5) is 2.80. The molecule has 10 nitrogen and oxygen atoms in total. The van der Waals surface area contributed by atoms with Gasteiger partial charge >= 0.3 is 0 Å². The zero-order valence-corrected chi connectivity index (χ0v) is 19.1. The summed E-state index contributed by atoms with van der Waals surface area (Å²) >= 11 is 2.96. The molecule has 0 aliphatic carbocycles. The lowest BCUT2D eigenvalue weighted by Crippen LogP contribution is -2.63. The first-order valence-corrected chi connectivity index (χ1v) is 10.6. The maximum atomic E-state index is 14.5. The predicted molar refractivity (Wildman–Crippen MR) is 110 cm³/mol. The van der Waals surface area contributed by atoms with Crippen molar-refractivity contribution in [1.29, 1.82) is 0 Å². The second-order valence-corrected chi connectivity index (χ2v) is 8.77. The topological polar surface area (TPSA) is 116 Å². The van der Waals surface area contributed by atoms with Gasteiger partial charge in [-0.05, 0) is 47.4 Å². The molecule has 2 fully saturated rings. The van der Waals surface area contributed by atoms with E-state index in [1.165, 1.54) is 30.1 Å². The summed E-state index contributed by atoms with van der Waals surface area (Å²) in [7, 11) is 1.50. The molecule has 13 heteroatoms. The van der Waals surface area contributed by atoms with Crippen LogP contribution in [-0.4, -0.2) is 65.5 Å². The number of aromatic nitrogens is 3. The number of halogens is 3. The fourth-order valence-electron chi connectivity index (χ4n) is 4.06. The number of ether oxygens (including phenoxy) is 4. The molecule has 0 saturated carbocycles. The molecule has 1 aromatic heterocycles. The highest BCUT2D eigenvalue weighted by atomic mass is 79.9. The van der Waals surface area contributed by atoms with Gasteiger partial charge in [0.25, 0.3) is 0 Å². The van der Waals surface area contributed by atoms with Gasteiger partial charge in [-0.25, -0.2) is 13.5 Å². The molecule has 2 aromatic rings. The lowest BCUT2D eigenvalue weighted by atomic mass is 9.91. The molecule has 2 saturated heterocycles. The zero-order chi connectivity index (χ0) is 23.0. The zero-order valence-electron chi connectivity index (χ0n) is 17.5. The van der Waals surface area contributed by atoms with E-state index in [4.69, 9.17) is 24.5 Å². The van der Waals surface area contributed by atoms with Gasteiger partial charge in [0.1, 0.15) is 30.0 Å². The SMILES string of the molecule is CO[C@@H]1C(n2cc(-c3ccc(Br)c(F)c3F)nn2)[C@H]2OC(C)(C)OC[C@H]2O[C@@H]1CN=[N+]=[N-]. The van der Waals surface area contributed by atoms with Crippen molar-refractivity contribution in [3.63, 3.8) is 0 Å². The fraction of sp³-hybridized carbons (Fsp3) is 0.579. The number of azide groups is 1. The van der Waals surface area contributed by atoms with Crippen molar-refractivity contribution >= 4 is 15.9 Å². The van der Waals surface area contributed by atoms with Gasteiger partial charge in [-0.2, -0.15) is 0 Å². The number of rotatable bonds is 5. The maximum absolute atomic E-state index is 14.5. The van der Waals surface area contributed by atoms with Crippen molar-refractivity contribution < 1.29 is 27.7 Å². The van der Waals surface area contributed by atoms with Crippen LogP contribution in [0.3, 0.4) is 0 Å². The monoisotopic (exact) mass is 514 g/mol. The molecular weight excluding hydrogens is 494 g/mol. The molecule has 3 heterocycles. The molecule has 0 N–H and O–H groups in total. The summed E-state index contributed by atoms with van der Waals surface area (Å²) in [6, 6.07) is 2.25. The fourth-order valence-corrected chi connectivity index (χ4v) is 4.36. The van der Waals surface area contributed by atoms with Crippen molar-refractivity contribution in [2.45, 2.75) is 50.1 Å². The second-order valence-electron chi connectivity index (χ2n) is 7.92. The van der Waals surface area contributed by atoms with Crippen LogP contribution in [0.2, 0.25) is 0 Å². The van der Waals surface area contributed by atoms with Gasteiger partial charge in [0.15, 0.2) is 17.4 Å². The number of methoxy groups -OCH3 is 1. The smallest absolute Gasteiger partial charge is 0.173 e. The van der Waals surface area contributed by atoms with Crippen molar-refractivity contribution in [1.82, 2.24) is 15.0 Å². The average Bonchev–Trinajstić information content (AvgIpc) is 3.24. The second kappa shape index (κ2) is 9.00. The molecule has 1 unspecified atom stereocenters. The quantitative estimate of drug-likeness (QED) is 0.259. The summed E-state index contributed by atoms with van der Waals surface area (Å²) in [6.07, 6.45) is -0.775. The Balaban J connectivity index is 1.74. The minimum atomic E-state index is -1.04. The highest BCUT2D eigenvalue weighted by molar-refractivity contribution is 9.10. The van der Waals surface area contributed by atoms with Gasteiger partial charge in [-0.1, -0.05) is 10.3 Å². The molecule has 0 spiro atoms. The Bertz CT molecular complexity index is 1050. The largest absolute Gasteiger partial charge is 0.376 e. The molecule has 32 heavy (non-hydrogen) atoms. The Morgan fingerprint density at radius 2 is 2.16 bits per heavy atom. The summed E-state index contributed by atoms with van der Waals surface area (Å²) in [5, 5.41) is 11.8. The molecule has 0 bridgehead atoms. The number of hydrogen-bond donors (Lipinski definition) is 0. The lowest BCUT2D eigenvalue weighted by molar-refractivity contribution is -0.348. The van der Waals surface area contributed by atoms with Crippen molar-refractivity contribution in [2.75, 3.05) is 20.3 Å². The third-order valence-electron chi connectivity index (χ3n) is 5.49. The summed E-state index contributed by atoms with van der Waals surface area (Å²) in [6.45, 7) is 3.82. The molecule has 5 atom stereocenters. The van der Waals surface area contributed by atoms with Crippen LogP contribution in [0.1, 0.15) is 19.9 Å². The summed E-state index contributed by atoms with van der Waals surface area (Å²) in [5.74, 6) is -2.94. The van der Waals surface area contributed by atoms with Crippen LogP contribution in [0.15, 0.2) is 27.9 Å². The van der Waals surface area contributed by atoms with Gasteiger partial charge in [-0.3, -0.25) is 0 Å². The maximum Gasteiger partial charge on any atom is 0.173 e. The Kier molecular flexibility index (Phi) is 6.48. The van der Waals surface area contributed by atoms with Crippen LogP contribution >= 0.6 is 15.9 Å². The van der Waals surface area contributed by atoms with Gasteiger partial charge in [0, 0.05) is 17.6 Å². The lowest BCUT2D eigenvalue weighted by Gasteiger charge is -2.50. The van der Waals surface area contributed by atoms with E-state index in [1.807, 2.05) is 0 Å². The van der Waals surface area contributed by atoms with Gasteiger partial charge in [-0.15, -0.1) is 5.10 Å². The van der Waals surface area contributed by atoms with Crippen LogP contribution in [0.25, 0.3) is 21.7 Å². The van der Waals surface area contributed by atoms with Gasteiger partial charge in [0.2, 0.25) is 0 Å². The number of hydrogen-bond acceptors (Lipinski definition) is 7. The minimum Gasteiger partial charge on any atom is -0.376 e. The highest BCUT2D eigenvalue weighted by Gasteiger charge is 2.52. The van der Waals surface area contributed by atoms with E-state index in [-0.39, 0.29) is 28.9 Å². The number of benzene rings is 1. The molecule has 2 aliphatic rings. The predicted octanol–water partition coefficient (Wildman–Crippen LogP) is 3.77. The highest BCUT2D eigenvalue weighted by Crippen LogP contribution is 2.40. The van der Waals surface area contributed by atoms with Crippen molar-refractivity contribution in [3.8, 4) is 11.3 Å². The first-order valence-electron chi connectivity index (χ1n) is 9.82. The summed E-state index contributed by atoms with van der Waals surface area (Å²) in [5.41, 5.74) is 8.86. The van der Waals surface area contributed by atoms with Crippen molar-refractivity contribution in [2.24, 2.45) is 5.11 Å². The first-order chi connectivity index (χ1) is 15.3. The Hall–Kier alpha value is -2.15. The van der Waals surface area contributed by atoms with E-state index in [9.17, 15) is 8.78 Å². The van der Waals surface area contributed by atoms with Crippen LogP contribution in [0.4, 0.5) is 8.78 Å². The molecule has 2 aliphatic heterocycles. The van der Waals surface area contributed by atoms with E-state index in [0.717, 1.165) is 0 Å². The Morgan fingerprint density at radius 1 is 1.38 bits per heavy atom. The van der Waals surface area contributed by atoms with Crippen LogP contribution in [-0.2, 0) is 18.9 Å². The molecule has 0 radical (unpaired) electrons. The third kappa shape index (κ3) is 4.24. The standard InChI is InChI=1S/C19H21BrF2N6O4/c1-19(2)30-8-13-18(32-19)16(17(29-3)12(31-13)6-24-26-23)28-7-11(25-27-28)9-4-5-10(20)15(22)14(9)21/h4-5,7,12-13,16-18H,6,8H2,1-3H3/t12-,13-,16?,17+,18+/m1/s1. The molecule has 0 amide bonds. The molecular formula is C19H21BrF2N6O4. The van der Waals surface area contributed by atoms with E-state index in [1.54, 1.807) is 13.8 Å². The van der Waals surface area contributed by atoms with Crippen LogP contribution in [0.5, 0.6) is 0 Å². The van der Waals surface area contributed by atoms with E-state index in [2.05, 4.69) is 36.3 Å². The van der Waals surface area contributed by atoms with Crippen LogP contribution in [0, 0.1) is 11.6 Å². The van der Waals surface area contributed by atoms with E-state index < -0.39 is 47.9 Å². The first kappa shape index (κ1) is 23.0.